The van der Waals surface area contributed by atoms with Crippen molar-refractivity contribution in [1.82, 2.24) is 9.21 Å². The number of aliphatic hydroxyl groups excluding tert-OH is 1. The maximum Gasteiger partial charge on any atom is 0.321 e. The molecule has 2 amide bonds. The van der Waals surface area contributed by atoms with E-state index in [0.29, 0.717) is 16.7 Å². The average Bonchev–Trinajstić information content (AvgIpc) is 2.95. The molecule has 3 atom stereocenters. The predicted octanol–water partition coefficient (Wildman–Crippen LogP) is 4.30. The van der Waals surface area contributed by atoms with E-state index in [4.69, 9.17) is 4.74 Å². The highest BCUT2D eigenvalue weighted by atomic mass is 32.2. The molecular formula is C29H31FN4O5S. The summed E-state index contributed by atoms with van der Waals surface area (Å²) in [6, 6.07) is 18.3. The lowest BCUT2D eigenvalue weighted by atomic mass is 10.0. The van der Waals surface area contributed by atoms with Crippen LogP contribution in [-0.2, 0) is 10.0 Å². The van der Waals surface area contributed by atoms with Gasteiger partial charge in [0.1, 0.15) is 22.6 Å². The molecule has 1 aliphatic heterocycles. The maximum atomic E-state index is 14.1. The third kappa shape index (κ3) is 6.09. The van der Waals surface area contributed by atoms with Gasteiger partial charge in [-0.05, 0) is 54.4 Å². The molecule has 40 heavy (non-hydrogen) atoms. The van der Waals surface area contributed by atoms with Crippen LogP contribution in [0.2, 0.25) is 0 Å². The summed E-state index contributed by atoms with van der Waals surface area (Å²) in [4.78, 5) is 14.2. The van der Waals surface area contributed by atoms with Crippen LogP contribution < -0.4 is 10.1 Å². The fraction of sp³-hybridized carbons (Fsp3) is 0.310. The number of carbonyl (C=O) groups excluding carboxylic acids is 1. The van der Waals surface area contributed by atoms with Crippen LogP contribution in [-0.4, -0.2) is 67.7 Å². The number of sulfonamides is 1. The number of anilines is 1. The van der Waals surface area contributed by atoms with Crippen LogP contribution in [0.3, 0.4) is 0 Å². The minimum Gasteiger partial charge on any atom is -0.487 e. The van der Waals surface area contributed by atoms with Crippen molar-refractivity contribution < 1.29 is 27.4 Å². The minimum absolute atomic E-state index is 0.0367. The average molecular weight is 567 g/mol. The molecule has 3 aromatic carbocycles. The van der Waals surface area contributed by atoms with Gasteiger partial charge in [0.15, 0.2) is 0 Å². The van der Waals surface area contributed by atoms with Gasteiger partial charge in [0.25, 0.3) is 0 Å². The first-order chi connectivity index (χ1) is 19.0. The molecular weight excluding hydrogens is 535 g/mol. The highest BCUT2D eigenvalue weighted by Gasteiger charge is 2.38. The second-order valence-electron chi connectivity index (χ2n) is 9.88. The Hall–Kier alpha value is -3.98. The summed E-state index contributed by atoms with van der Waals surface area (Å²) in [6.07, 6.45) is -0.653. The number of nitriles is 1. The van der Waals surface area contributed by atoms with Crippen LogP contribution in [0.5, 0.6) is 5.75 Å². The molecule has 0 bridgehead atoms. The Balaban J connectivity index is 1.71. The summed E-state index contributed by atoms with van der Waals surface area (Å²) in [5.74, 6) is -0.874. The van der Waals surface area contributed by atoms with Crippen LogP contribution in [0.1, 0.15) is 19.4 Å². The molecule has 0 saturated carbocycles. The summed E-state index contributed by atoms with van der Waals surface area (Å²) < 4.78 is 49.1. The molecule has 9 nitrogen and oxygen atoms in total. The molecule has 3 aromatic rings. The number of amides is 2. The number of hydrogen-bond donors (Lipinski definition) is 2. The van der Waals surface area contributed by atoms with Crippen molar-refractivity contribution in [3.05, 3.63) is 78.1 Å². The second kappa shape index (κ2) is 12.0. The van der Waals surface area contributed by atoms with Gasteiger partial charge in [-0.2, -0.15) is 9.57 Å². The Kier molecular flexibility index (Phi) is 8.73. The third-order valence-electron chi connectivity index (χ3n) is 6.91. The van der Waals surface area contributed by atoms with Gasteiger partial charge in [0, 0.05) is 25.6 Å². The minimum atomic E-state index is -4.05. The Morgan fingerprint density at radius 3 is 2.62 bits per heavy atom. The number of fused-ring (bicyclic) bond motifs is 1. The van der Waals surface area contributed by atoms with E-state index in [1.54, 1.807) is 56.4 Å². The number of hydrogen-bond acceptors (Lipinski definition) is 6. The number of benzene rings is 3. The van der Waals surface area contributed by atoms with Crippen molar-refractivity contribution >= 4 is 21.7 Å². The van der Waals surface area contributed by atoms with Gasteiger partial charge >= 0.3 is 6.03 Å². The van der Waals surface area contributed by atoms with E-state index in [-0.39, 0.29) is 36.0 Å². The van der Waals surface area contributed by atoms with Gasteiger partial charge in [-0.15, -0.1) is 0 Å². The molecule has 0 aliphatic carbocycles. The van der Waals surface area contributed by atoms with Gasteiger partial charge in [-0.3, -0.25) is 0 Å². The number of likely N-dealkylation sites (N-methyl/N-ethyl adjacent to an activating group) is 1. The topological polar surface area (TPSA) is 123 Å². The van der Waals surface area contributed by atoms with Gasteiger partial charge in [-0.1, -0.05) is 37.3 Å². The van der Waals surface area contributed by atoms with E-state index in [1.165, 1.54) is 33.5 Å². The van der Waals surface area contributed by atoms with Crippen molar-refractivity contribution in [2.24, 2.45) is 5.92 Å². The normalized spacial score (nSPS) is 19.2. The van der Waals surface area contributed by atoms with E-state index < -0.39 is 39.9 Å². The number of nitrogens with zero attached hydrogens (tertiary/aromatic N) is 3. The molecule has 0 saturated heterocycles. The van der Waals surface area contributed by atoms with E-state index in [0.717, 1.165) is 0 Å². The first-order valence-electron chi connectivity index (χ1n) is 12.8. The lowest BCUT2D eigenvalue weighted by molar-refractivity contribution is 0.0830. The highest BCUT2D eigenvalue weighted by Crippen LogP contribution is 2.36. The van der Waals surface area contributed by atoms with Crippen molar-refractivity contribution in [2.45, 2.75) is 30.9 Å². The molecule has 1 heterocycles. The molecule has 2 N–H and O–H groups in total. The molecule has 0 unspecified atom stereocenters. The van der Waals surface area contributed by atoms with Crippen LogP contribution in [0.4, 0.5) is 14.9 Å². The summed E-state index contributed by atoms with van der Waals surface area (Å²) >= 11 is 0. The molecule has 0 spiro atoms. The zero-order valence-corrected chi connectivity index (χ0v) is 23.2. The summed E-state index contributed by atoms with van der Waals surface area (Å²) in [6.45, 7) is 3.17. The Bertz CT molecular complexity index is 1540. The number of halogens is 1. The second-order valence-corrected chi connectivity index (χ2v) is 11.7. The molecule has 1 aliphatic rings. The van der Waals surface area contributed by atoms with E-state index in [2.05, 4.69) is 11.4 Å². The number of urea groups is 1. The van der Waals surface area contributed by atoms with Crippen LogP contribution >= 0.6 is 0 Å². The van der Waals surface area contributed by atoms with E-state index >= 15 is 0 Å². The number of carbonyl (C=O) groups is 1. The lowest BCUT2D eigenvalue weighted by Gasteiger charge is -2.37. The molecule has 4 rings (SSSR count). The standard InChI is InChI=1S/C29H31FN4O5S/c1-19-16-34(20(2)18-35)40(37,38)28-12-11-23(22-8-6-7-21(13-22)15-31)14-26(28)39-27(19)17-33(3)29(36)32-25-10-5-4-9-24(25)30/h4-14,19-20,27,35H,16-18H2,1-3H3,(H,32,36)/t19-,20-,27-/m1/s1. The number of ether oxygens (including phenoxy) is 1. The van der Waals surface area contributed by atoms with Gasteiger partial charge in [0.2, 0.25) is 10.0 Å². The zero-order chi connectivity index (χ0) is 29.0. The Morgan fingerprint density at radius 2 is 1.93 bits per heavy atom. The van der Waals surface area contributed by atoms with Crippen LogP contribution in [0, 0.1) is 23.1 Å². The predicted molar refractivity (Wildman–Crippen MR) is 149 cm³/mol. The number of aliphatic hydroxyl groups is 1. The van der Waals surface area contributed by atoms with Gasteiger partial charge < -0.3 is 20.1 Å². The van der Waals surface area contributed by atoms with Crippen molar-refractivity contribution in [3.63, 3.8) is 0 Å². The first-order valence-corrected chi connectivity index (χ1v) is 14.2. The molecule has 0 radical (unpaired) electrons. The van der Waals surface area contributed by atoms with Crippen molar-refractivity contribution in [1.29, 1.82) is 5.26 Å². The third-order valence-corrected chi connectivity index (χ3v) is 8.93. The quantitative estimate of drug-likeness (QED) is 0.459. The SMILES string of the molecule is C[C@@H]1CN([C@H](C)CO)S(=O)(=O)c2ccc(-c3cccc(C#N)c3)cc2O[C@@H]1CN(C)C(=O)Nc1ccccc1F. The van der Waals surface area contributed by atoms with Gasteiger partial charge in [-0.25, -0.2) is 17.6 Å². The monoisotopic (exact) mass is 566 g/mol. The van der Waals surface area contributed by atoms with Crippen LogP contribution in [0.15, 0.2) is 71.6 Å². The number of para-hydroxylation sites is 1. The highest BCUT2D eigenvalue weighted by molar-refractivity contribution is 7.89. The summed E-state index contributed by atoms with van der Waals surface area (Å²) in [5, 5.41) is 21.7. The Labute approximate surface area is 233 Å². The summed E-state index contributed by atoms with van der Waals surface area (Å²) in [7, 11) is -2.51. The zero-order valence-electron chi connectivity index (χ0n) is 22.4. The lowest BCUT2D eigenvalue weighted by Crippen LogP contribution is -2.50. The first kappa shape index (κ1) is 29.0. The van der Waals surface area contributed by atoms with Crippen molar-refractivity contribution in [2.75, 3.05) is 32.1 Å². The Morgan fingerprint density at radius 1 is 1.20 bits per heavy atom. The van der Waals surface area contributed by atoms with Crippen molar-refractivity contribution in [3.8, 4) is 22.9 Å². The number of rotatable bonds is 6. The van der Waals surface area contributed by atoms with Crippen LogP contribution in [0.25, 0.3) is 11.1 Å². The van der Waals surface area contributed by atoms with Gasteiger partial charge in [0.05, 0.1) is 30.5 Å². The smallest absolute Gasteiger partial charge is 0.321 e. The fourth-order valence-electron chi connectivity index (χ4n) is 4.52. The molecule has 210 valence electrons. The fourth-order valence-corrected chi connectivity index (χ4v) is 6.34. The van der Waals surface area contributed by atoms with E-state index in [1.807, 2.05) is 6.92 Å². The molecule has 11 heteroatoms. The molecule has 0 fully saturated rings. The maximum absolute atomic E-state index is 14.1. The largest absolute Gasteiger partial charge is 0.487 e. The molecule has 0 aromatic heterocycles. The summed E-state index contributed by atoms with van der Waals surface area (Å²) in [5.41, 5.74) is 1.84. The van der Waals surface area contributed by atoms with E-state index in [9.17, 15) is 28.0 Å². The number of nitrogens with one attached hydrogen (secondary N) is 1.